The van der Waals surface area contributed by atoms with Crippen LogP contribution in [-0.2, 0) is 0 Å². The lowest BCUT2D eigenvalue weighted by Crippen LogP contribution is -2.36. The van der Waals surface area contributed by atoms with Gasteiger partial charge in [-0.3, -0.25) is 9.48 Å². The zero-order valence-electron chi connectivity index (χ0n) is 15.9. The third kappa shape index (κ3) is 3.39. The van der Waals surface area contributed by atoms with Crippen LogP contribution in [-0.4, -0.2) is 27.7 Å². The number of nitriles is 1. The molecular weight excluding hydrogens is 362 g/mol. The number of hydrogen-bond donors (Lipinski definition) is 1. The highest BCUT2D eigenvalue weighted by Crippen LogP contribution is 2.51. The molecule has 2 fully saturated rings. The van der Waals surface area contributed by atoms with Crippen molar-refractivity contribution < 1.29 is 13.6 Å². The van der Waals surface area contributed by atoms with Crippen LogP contribution < -0.4 is 5.32 Å². The summed E-state index contributed by atoms with van der Waals surface area (Å²) in [7, 11) is 0. The summed E-state index contributed by atoms with van der Waals surface area (Å²) in [5.41, 5.74) is 2.78. The maximum atomic E-state index is 13.7. The zero-order chi connectivity index (χ0) is 20.1. The van der Waals surface area contributed by atoms with Crippen molar-refractivity contribution in [2.45, 2.75) is 63.5 Å². The number of hydrogen-bond acceptors (Lipinski definition) is 3. The fourth-order valence-electron chi connectivity index (χ4n) is 3.70. The summed E-state index contributed by atoms with van der Waals surface area (Å²) >= 11 is 0. The van der Waals surface area contributed by atoms with Gasteiger partial charge in [-0.1, -0.05) is 12.1 Å². The Bertz CT molecular complexity index is 944. The van der Waals surface area contributed by atoms with E-state index in [4.69, 9.17) is 5.26 Å². The number of rotatable bonds is 5. The van der Waals surface area contributed by atoms with Crippen molar-refractivity contribution >= 4 is 5.91 Å². The Labute approximate surface area is 162 Å². The molecule has 0 saturated heterocycles. The first-order valence-corrected chi connectivity index (χ1v) is 9.60. The van der Waals surface area contributed by atoms with Crippen molar-refractivity contribution in [1.29, 1.82) is 5.26 Å². The first kappa shape index (κ1) is 18.6. The van der Waals surface area contributed by atoms with Crippen molar-refractivity contribution in [2.75, 3.05) is 0 Å². The Morgan fingerprint density at radius 1 is 1.29 bits per heavy atom. The van der Waals surface area contributed by atoms with Gasteiger partial charge in [-0.05, 0) is 44.7 Å². The number of carbonyl (C=O) groups excluding carboxylic acids is 1. The summed E-state index contributed by atoms with van der Waals surface area (Å²) in [6, 6.07) is 9.01. The van der Waals surface area contributed by atoms with E-state index in [1.807, 2.05) is 13.8 Å². The predicted octanol–water partition coefficient (Wildman–Crippen LogP) is 4.41. The molecule has 1 aromatic heterocycles. The SMILES string of the molecule is CC(C)n1nc(-c2ccc(C#N)cc2)c(C2CC(F)(F)C2)c1C(=O)NC1CC1. The zero-order valence-corrected chi connectivity index (χ0v) is 15.9. The van der Waals surface area contributed by atoms with Crippen LogP contribution in [0.4, 0.5) is 8.78 Å². The molecule has 0 radical (unpaired) electrons. The average Bonchev–Trinajstić information content (AvgIpc) is 3.35. The van der Waals surface area contributed by atoms with Gasteiger partial charge >= 0.3 is 0 Å². The maximum Gasteiger partial charge on any atom is 0.270 e. The van der Waals surface area contributed by atoms with E-state index in [1.54, 1.807) is 28.9 Å². The molecule has 0 spiro atoms. The monoisotopic (exact) mass is 384 g/mol. The lowest BCUT2D eigenvalue weighted by Gasteiger charge is -2.35. The molecule has 0 bridgehead atoms. The first-order valence-electron chi connectivity index (χ1n) is 9.60. The maximum absolute atomic E-state index is 13.7. The molecule has 146 valence electrons. The normalized spacial score (nSPS) is 18.6. The molecule has 2 aliphatic rings. The number of nitrogens with one attached hydrogen (secondary N) is 1. The summed E-state index contributed by atoms with van der Waals surface area (Å²) in [6.07, 6.45) is 1.34. The van der Waals surface area contributed by atoms with Gasteiger partial charge in [0.05, 0.1) is 17.3 Å². The minimum atomic E-state index is -2.70. The van der Waals surface area contributed by atoms with Crippen LogP contribution in [0.15, 0.2) is 24.3 Å². The van der Waals surface area contributed by atoms with Crippen molar-refractivity contribution in [1.82, 2.24) is 15.1 Å². The van der Waals surface area contributed by atoms with Crippen molar-refractivity contribution in [3.05, 3.63) is 41.1 Å². The Morgan fingerprint density at radius 3 is 2.43 bits per heavy atom. The Morgan fingerprint density at radius 2 is 1.93 bits per heavy atom. The third-order valence-electron chi connectivity index (χ3n) is 5.35. The van der Waals surface area contributed by atoms with Crippen LogP contribution >= 0.6 is 0 Å². The van der Waals surface area contributed by atoms with E-state index in [2.05, 4.69) is 16.5 Å². The van der Waals surface area contributed by atoms with E-state index < -0.39 is 11.8 Å². The van der Waals surface area contributed by atoms with Gasteiger partial charge in [0.25, 0.3) is 5.91 Å². The number of nitrogens with zero attached hydrogens (tertiary/aromatic N) is 3. The van der Waals surface area contributed by atoms with Crippen LogP contribution in [0.2, 0.25) is 0 Å². The fraction of sp³-hybridized carbons (Fsp3) is 0.476. The molecule has 1 amide bonds. The molecule has 28 heavy (non-hydrogen) atoms. The molecular formula is C21H22F2N4O. The van der Waals surface area contributed by atoms with Gasteiger partial charge in [-0.2, -0.15) is 10.4 Å². The second kappa shape index (κ2) is 6.69. The van der Waals surface area contributed by atoms with Crippen LogP contribution in [0.25, 0.3) is 11.3 Å². The standard InChI is InChI=1S/C21H22F2N4O/c1-12(2)27-19(20(28)25-16-7-8-16)17(15-9-21(22,23)10-15)18(26-27)14-5-3-13(11-24)4-6-14/h3-6,12,15-16H,7-10H2,1-2H3,(H,25,28). The van der Waals surface area contributed by atoms with E-state index in [0.29, 0.717) is 22.5 Å². The molecule has 1 N–H and O–H groups in total. The molecule has 0 atom stereocenters. The smallest absolute Gasteiger partial charge is 0.270 e. The molecule has 5 nitrogen and oxygen atoms in total. The van der Waals surface area contributed by atoms with Gasteiger partial charge in [0.1, 0.15) is 5.69 Å². The van der Waals surface area contributed by atoms with E-state index in [-0.39, 0.29) is 30.8 Å². The van der Waals surface area contributed by atoms with Gasteiger partial charge in [0, 0.05) is 36.1 Å². The lowest BCUT2D eigenvalue weighted by molar-refractivity contribution is -0.0867. The second-order valence-corrected chi connectivity index (χ2v) is 8.05. The Balaban J connectivity index is 1.83. The topological polar surface area (TPSA) is 70.7 Å². The molecule has 1 aromatic carbocycles. The van der Waals surface area contributed by atoms with Gasteiger partial charge in [0.2, 0.25) is 5.92 Å². The first-order chi connectivity index (χ1) is 13.3. The number of halogens is 2. The van der Waals surface area contributed by atoms with E-state index in [9.17, 15) is 13.6 Å². The van der Waals surface area contributed by atoms with Gasteiger partial charge in [0.15, 0.2) is 0 Å². The number of alkyl halides is 2. The number of amides is 1. The van der Waals surface area contributed by atoms with Crippen LogP contribution in [0.3, 0.4) is 0 Å². The lowest BCUT2D eigenvalue weighted by atomic mass is 9.75. The third-order valence-corrected chi connectivity index (χ3v) is 5.35. The molecule has 0 aliphatic heterocycles. The summed E-state index contributed by atoms with van der Waals surface area (Å²) in [6.45, 7) is 3.84. The van der Waals surface area contributed by atoms with E-state index in [1.165, 1.54) is 0 Å². The highest BCUT2D eigenvalue weighted by Gasteiger charge is 2.49. The molecule has 0 unspecified atom stereocenters. The van der Waals surface area contributed by atoms with Crippen molar-refractivity contribution in [3.63, 3.8) is 0 Å². The average molecular weight is 384 g/mol. The molecule has 4 rings (SSSR count). The van der Waals surface area contributed by atoms with Crippen molar-refractivity contribution in [2.24, 2.45) is 0 Å². The van der Waals surface area contributed by atoms with Crippen LogP contribution in [0.1, 0.15) is 73.1 Å². The quantitative estimate of drug-likeness (QED) is 0.830. The van der Waals surface area contributed by atoms with Crippen LogP contribution in [0.5, 0.6) is 0 Å². The summed E-state index contributed by atoms with van der Waals surface area (Å²) in [5, 5.41) is 16.7. The Kier molecular flexibility index (Phi) is 4.45. The number of benzene rings is 1. The Hall–Kier alpha value is -2.75. The summed E-state index contributed by atoms with van der Waals surface area (Å²) in [4.78, 5) is 13.0. The van der Waals surface area contributed by atoms with Gasteiger partial charge in [-0.25, -0.2) is 8.78 Å². The second-order valence-electron chi connectivity index (χ2n) is 8.05. The predicted molar refractivity (Wildman–Crippen MR) is 100 cm³/mol. The molecule has 2 aliphatic carbocycles. The summed E-state index contributed by atoms with van der Waals surface area (Å²) in [5.74, 6) is -3.35. The van der Waals surface area contributed by atoms with E-state index in [0.717, 1.165) is 18.4 Å². The molecule has 1 heterocycles. The highest BCUT2D eigenvalue weighted by molar-refractivity contribution is 5.96. The van der Waals surface area contributed by atoms with Crippen molar-refractivity contribution in [3.8, 4) is 17.3 Å². The van der Waals surface area contributed by atoms with Gasteiger partial charge in [-0.15, -0.1) is 0 Å². The highest BCUT2D eigenvalue weighted by atomic mass is 19.3. The minimum absolute atomic E-state index is 0.0913. The largest absolute Gasteiger partial charge is 0.348 e. The number of carbonyl (C=O) groups is 1. The minimum Gasteiger partial charge on any atom is -0.348 e. The van der Waals surface area contributed by atoms with Crippen LogP contribution in [0, 0.1) is 11.3 Å². The fourth-order valence-corrected chi connectivity index (χ4v) is 3.70. The number of aromatic nitrogens is 2. The van der Waals surface area contributed by atoms with Gasteiger partial charge < -0.3 is 5.32 Å². The molecule has 2 saturated carbocycles. The molecule has 7 heteroatoms. The summed E-state index contributed by atoms with van der Waals surface area (Å²) < 4.78 is 29.0. The molecule has 2 aromatic rings. The van der Waals surface area contributed by atoms with E-state index >= 15 is 0 Å².